The molecule has 2 aromatic carbocycles. The van der Waals surface area contributed by atoms with Crippen LogP contribution in [0.15, 0.2) is 48.5 Å². The van der Waals surface area contributed by atoms with Crippen LogP contribution in [0.25, 0.3) is 5.69 Å². The summed E-state index contributed by atoms with van der Waals surface area (Å²) < 4.78 is 1.95. The monoisotopic (exact) mass is 361 g/mol. The number of amides is 1. The maximum Gasteiger partial charge on any atom is 0.255 e. The van der Waals surface area contributed by atoms with Crippen molar-refractivity contribution in [3.8, 4) is 5.69 Å². The zero-order valence-electron chi connectivity index (χ0n) is 16.7. The van der Waals surface area contributed by atoms with Crippen molar-refractivity contribution in [2.75, 3.05) is 5.32 Å². The molecular weight excluding hydrogens is 334 g/mol. The maximum atomic E-state index is 12.7. The number of nitrogens with zero attached hydrogens (tertiary/aromatic N) is 2. The highest BCUT2D eigenvalue weighted by Gasteiger charge is 2.13. The van der Waals surface area contributed by atoms with Crippen LogP contribution in [0.5, 0.6) is 0 Å². The van der Waals surface area contributed by atoms with Crippen molar-refractivity contribution in [1.82, 2.24) is 9.78 Å². The van der Waals surface area contributed by atoms with Crippen molar-refractivity contribution >= 4 is 11.6 Å². The molecule has 4 nitrogen and oxygen atoms in total. The van der Waals surface area contributed by atoms with Crippen molar-refractivity contribution in [3.05, 3.63) is 76.6 Å². The summed E-state index contributed by atoms with van der Waals surface area (Å²) in [6.07, 6.45) is 0.966. The third kappa shape index (κ3) is 3.80. The van der Waals surface area contributed by atoms with E-state index in [0.717, 1.165) is 34.7 Å². The highest BCUT2D eigenvalue weighted by Crippen LogP contribution is 2.24. The van der Waals surface area contributed by atoms with Crippen LogP contribution in [0.1, 0.15) is 59.6 Å². The Bertz CT molecular complexity index is 952. The number of hydrogen-bond acceptors (Lipinski definition) is 2. The van der Waals surface area contributed by atoms with Crippen LogP contribution in [0, 0.1) is 13.8 Å². The first kappa shape index (κ1) is 18.9. The summed E-state index contributed by atoms with van der Waals surface area (Å²) in [5.74, 6) is 0.250. The van der Waals surface area contributed by atoms with Gasteiger partial charge < -0.3 is 5.32 Å². The largest absolute Gasteiger partial charge is 0.322 e. The Balaban J connectivity index is 1.83. The molecule has 0 fully saturated rings. The third-order valence-electron chi connectivity index (χ3n) is 5.00. The Kier molecular flexibility index (Phi) is 5.45. The van der Waals surface area contributed by atoms with Crippen LogP contribution in [-0.2, 0) is 6.42 Å². The van der Waals surface area contributed by atoms with Gasteiger partial charge in [-0.05, 0) is 67.6 Å². The minimum Gasteiger partial charge on any atom is -0.322 e. The van der Waals surface area contributed by atoms with Gasteiger partial charge in [0.15, 0.2) is 0 Å². The number of anilines is 1. The number of carbonyl (C=O) groups excluding carboxylic acids is 1. The SMILES string of the molecule is CCc1c(C)nn(-c2ccc(C(=O)Nc3ccccc3C(C)C)cc2)c1C. The van der Waals surface area contributed by atoms with E-state index in [-0.39, 0.29) is 5.91 Å². The first-order valence-electron chi connectivity index (χ1n) is 9.48. The van der Waals surface area contributed by atoms with Gasteiger partial charge in [0.1, 0.15) is 0 Å². The van der Waals surface area contributed by atoms with Gasteiger partial charge in [0.05, 0.1) is 11.4 Å². The van der Waals surface area contributed by atoms with Gasteiger partial charge in [0.25, 0.3) is 5.91 Å². The average molecular weight is 361 g/mol. The van der Waals surface area contributed by atoms with Gasteiger partial charge in [-0.3, -0.25) is 4.79 Å². The molecule has 27 heavy (non-hydrogen) atoms. The number of nitrogens with one attached hydrogen (secondary N) is 1. The quantitative estimate of drug-likeness (QED) is 0.659. The van der Waals surface area contributed by atoms with Crippen molar-refractivity contribution in [2.24, 2.45) is 0 Å². The summed E-state index contributed by atoms with van der Waals surface area (Å²) in [5, 5.41) is 7.68. The lowest BCUT2D eigenvalue weighted by atomic mass is 10.0. The van der Waals surface area contributed by atoms with E-state index in [4.69, 9.17) is 0 Å². The lowest BCUT2D eigenvalue weighted by molar-refractivity contribution is 0.102. The van der Waals surface area contributed by atoms with Crippen molar-refractivity contribution < 1.29 is 4.79 Å². The second-order valence-corrected chi connectivity index (χ2v) is 7.16. The number of rotatable bonds is 5. The summed E-state index contributed by atoms with van der Waals surface area (Å²) in [4.78, 5) is 12.7. The minimum atomic E-state index is -0.0998. The fourth-order valence-electron chi connectivity index (χ4n) is 3.50. The van der Waals surface area contributed by atoms with Crippen LogP contribution < -0.4 is 5.32 Å². The van der Waals surface area contributed by atoms with Crippen LogP contribution in [-0.4, -0.2) is 15.7 Å². The molecule has 3 rings (SSSR count). The van der Waals surface area contributed by atoms with E-state index in [1.54, 1.807) is 0 Å². The molecule has 0 aliphatic rings. The second kappa shape index (κ2) is 7.78. The van der Waals surface area contributed by atoms with Gasteiger partial charge in [0, 0.05) is 16.9 Å². The zero-order valence-corrected chi connectivity index (χ0v) is 16.7. The van der Waals surface area contributed by atoms with E-state index < -0.39 is 0 Å². The fourth-order valence-corrected chi connectivity index (χ4v) is 3.50. The Labute approximate surface area is 161 Å². The van der Waals surface area contributed by atoms with Gasteiger partial charge in [-0.15, -0.1) is 0 Å². The number of carbonyl (C=O) groups is 1. The van der Waals surface area contributed by atoms with Gasteiger partial charge >= 0.3 is 0 Å². The number of para-hydroxylation sites is 1. The summed E-state index contributed by atoms with van der Waals surface area (Å²) in [6, 6.07) is 15.5. The summed E-state index contributed by atoms with van der Waals surface area (Å²) in [5.41, 5.74) is 7.09. The van der Waals surface area contributed by atoms with Gasteiger partial charge in [-0.2, -0.15) is 5.10 Å². The van der Waals surface area contributed by atoms with E-state index in [2.05, 4.69) is 44.2 Å². The molecule has 0 unspecified atom stereocenters. The van der Waals surface area contributed by atoms with E-state index in [1.165, 1.54) is 5.56 Å². The highest BCUT2D eigenvalue weighted by molar-refractivity contribution is 6.04. The molecule has 1 amide bonds. The Morgan fingerprint density at radius 2 is 1.74 bits per heavy atom. The Morgan fingerprint density at radius 1 is 1.07 bits per heavy atom. The summed E-state index contributed by atoms with van der Waals surface area (Å²) >= 11 is 0. The smallest absolute Gasteiger partial charge is 0.255 e. The van der Waals surface area contributed by atoms with Crippen molar-refractivity contribution in [1.29, 1.82) is 0 Å². The van der Waals surface area contributed by atoms with Crippen LogP contribution in [0.2, 0.25) is 0 Å². The van der Waals surface area contributed by atoms with E-state index >= 15 is 0 Å². The lowest BCUT2D eigenvalue weighted by Gasteiger charge is -2.14. The number of aryl methyl sites for hydroxylation is 1. The van der Waals surface area contributed by atoms with Crippen LogP contribution >= 0.6 is 0 Å². The van der Waals surface area contributed by atoms with Crippen LogP contribution in [0.4, 0.5) is 5.69 Å². The van der Waals surface area contributed by atoms with Gasteiger partial charge in [-0.1, -0.05) is 39.0 Å². The molecule has 0 saturated carbocycles. The molecule has 140 valence electrons. The molecule has 1 N–H and O–H groups in total. The first-order chi connectivity index (χ1) is 12.9. The molecule has 0 bridgehead atoms. The van der Waals surface area contributed by atoms with Crippen molar-refractivity contribution in [2.45, 2.75) is 47.0 Å². The van der Waals surface area contributed by atoms with Crippen LogP contribution in [0.3, 0.4) is 0 Å². The molecule has 0 aliphatic carbocycles. The molecule has 0 radical (unpaired) electrons. The fraction of sp³-hybridized carbons (Fsp3) is 0.304. The molecule has 0 atom stereocenters. The minimum absolute atomic E-state index is 0.0998. The zero-order chi connectivity index (χ0) is 19.6. The molecular formula is C23H27N3O. The Hall–Kier alpha value is -2.88. The molecule has 1 aromatic heterocycles. The molecule has 4 heteroatoms. The van der Waals surface area contributed by atoms with E-state index in [9.17, 15) is 4.79 Å². The average Bonchev–Trinajstić information content (AvgIpc) is 2.95. The van der Waals surface area contributed by atoms with Gasteiger partial charge in [-0.25, -0.2) is 4.68 Å². The lowest BCUT2D eigenvalue weighted by Crippen LogP contribution is -2.13. The predicted octanol–water partition coefficient (Wildman–Crippen LogP) is 5.43. The molecule has 0 aliphatic heterocycles. The molecule has 0 spiro atoms. The second-order valence-electron chi connectivity index (χ2n) is 7.16. The summed E-state index contributed by atoms with van der Waals surface area (Å²) in [7, 11) is 0. The highest BCUT2D eigenvalue weighted by atomic mass is 16.1. The van der Waals surface area contributed by atoms with E-state index in [1.807, 2.05) is 54.1 Å². The molecule has 3 aromatic rings. The number of benzene rings is 2. The molecule has 1 heterocycles. The van der Waals surface area contributed by atoms with Gasteiger partial charge in [0.2, 0.25) is 0 Å². The topological polar surface area (TPSA) is 46.9 Å². The number of hydrogen-bond donors (Lipinski definition) is 1. The normalized spacial score (nSPS) is 11.0. The predicted molar refractivity (Wildman–Crippen MR) is 111 cm³/mol. The summed E-state index contributed by atoms with van der Waals surface area (Å²) in [6.45, 7) is 10.5. The number of aromatic nitrogens is 2. The van der Waals surface area contributed by atoms with Crippen molar-refractivity contribution in [3.63, 3.8) is 0 Å². The maximum absolute atomic E-state index is 12.7. The standard InChI is InChI=1S/C23H27N3O/c1-6-20-16(4)25-26(17(20)5)19-13-11-18(12-14-19)23(27)24-22-10-8-7-9-21(22)15(2)3/h7-15H,6H2,1-5H3,(H,24,27). The van der Waals surface area contributed by atoms with E-state index in [0.29, 0.717) is 11.5 Å². The first-order valence-corrected chi connectivity index (χ1v) is 9.48. The molecule has 0 saturated heterocycles. The third-order valence-corrected chi connectivity index (χ3v) is 5.00. The Morgan fingerprint density at radius 3 is 2.33 bits per heavy atom.